The summed E-state index contributed by atoms with van der Waals surface area (Å²) in [6, 6.07) is 35.7. The fraction of sp³-hybridized carbons (Fsp3) is 0.0357. The Morgan fingerprint density at radius 1 is 0.657 bits per heavy atom. The van der Waals surface area contributed by atoms with E-state index in [1.807, 2.05) is 96.4 Å². The van der Waals surface area contributed by atoms with Crippen LogP contribution in [-0.4, -0.2) is 18.4 Å². The van der Waals surface area contributed by atoms with Gasteiger partial charge in [-0.2, -0.15) is 9.56 Å². The third-order valence-electron chi connectivity index (χ3n) is 5.39. The number of aryl methyl sites for hydroxylation is 1. The third-order valence-corrected chi connectivity index (χ3v) is 8.46. The normalized spacial score (nSPS) is 11.2. The molecule has 5 rings (SSSR count). The number of sulfone groups is 1. The summed E-state index contributed by atoms with van der Waals surface area (Å²) in [6.45, 7) is 2.00. The van der Waals surface area contributed by atoms with E-state index in [4.69, 9.17) is 4.98 Å². The highest BCUT2D eigenvalue weighted by atomic mass is 32.2. The van der Waals surface area contributed by atoms with Gasteiger partial charge in [0, 0.05) is 5.56 Å². The van der Waals surface area contributed by atoms with E-state index < -0.39 is 9.84 Å². The van der Waals surface area contributed by atoms with Crippen LogP contribution in [0.2, 0.25) is 0 Å². The van der Waals surface area contributed by atoms with Crippen molar-refractivity contribution in [2.75, 3.05) is 0 Å². The van der Waals surface area contributed by atoms with E-state index in [1.54, 1.807) is 30.3 Å². The molecule has 5 aromatic rings. The van der Waals surface area contributed by atoms with E-state index in [1.165, 1.54) is 0 Å². The van der Waals surface area contributed by atoms with E-state index >= 15 is 0 Å². The van der Waals surface area contributed by atoms with Crippen LogP contribution in [0.1, 0.15) is 5.56 Å². The molecule has 1 aromatic heterocycles. The van der Waals surface area contributed by atoms with Gasteiger partial charge in [0.25, 0.3) is 5.82 Å². The van der Waals surface area contributed by atoms with Crippen molar-refractivity contribution in [1.82, 2.24) is 14.5 Å². The van der Waals surface area contributed by atoms with Gasteiger partial charge in [-0.05, 0) is 71.8 Å². The minimum absolute atomic E-state index is 0.0128. The maximum absolute atomic E-state index is 13.6. The Hall–Kier alpha value is -3.94. The molecule has 0 spiro atoms. The van der Waals surface area contributed by atoms with Crippen molar-refractivity contribution in [2.45, 2.75) is 16.2 Å². The number of para-hydroxylation sites is 2. The van der Waals surface area contributed by atoms with E-state index in [2.05, 4.69) is 4.98 Å². The summed E-state index contributed by atoms with van der Waals surface area (Å²) in [5.41, 5.74) is 3.58. The second kappa shape index (κ2) is 9.74. The smallest absolute Gasteiger partial charge is 0.216 e. The van der Waals surface area contributed by atoms with Gasteiger partial charge in [-0.1, -0.05) is 72.3 Å². The molecular weight excluding hydrogens is 474 g/mol. The summed E-state index contributed by atoms with van der Waals surface area (Å²) in [7, 11) is -3.86. The highest BCUT2D eigenvalue weighted by Crippen LogP contribution is 2.25. The van der Waals surface area contributed by atoms with Crippen molar-refractivity contribution >= 4 is 32.5 Å². The van der Waals surface area contributed by atoms with Crippen molar-refractivity contribution in [3.63, 3.8) is 0 Å². The minimum atomic E-state index is -3.86. The van der Waals surface area contributed by atoms with Crippen molar-refractivity contribution in [1.29, 1.82) is 0 Å². The van der Waals surface area contributed by atoms with Crippen LogP contribution in [0.4, 0.5) is 11.4 Å². The molecule has 0 aliphatic rings. The van der Waals surface area contributed by atoms with Crippen LogP contribution in [0.5, 0.6) is 0 Å². The first-order chi connectivity index (χ1) is 17.0. The largest absolute Gasteiger partial charge is 0.392 e. The summed E-state index contributed by atoms with van der Waals surface area (Å²) in [4.78, 5) is 10.1. The quantitative estimate of drug-likeness (QED) is 0.289. The molecule has 5 nitrogen and oxygen atoms in total. The zero-order chi connectivity index (χ0) is 24.3. The lowest BCUT2D eigenvalue weighted by molar-refractivity contribution is 0.595. The second-order valence-electron chi connectivity index (χ2n) is 7.89. The summed E-state index contributed by atoms with van der Waals surface area (Å²) < 4.78 is 29.2. The average Bonchev–Trinajstić information content (AvgIpc) is 2.91. The van der Waals surface area contributed by atoms with Crippen molar-refractivity contribution in [2.24, 2.45) is 0 Å². The molecule has 0 amide bonds. The lowest BCUT2D eigenvalue weighted by atomic mass is 10.1. The monoisotopic (exact) mass is 496 g/mol. The Balaban J connectivity index is 1.87. The number of rotatable bonds is 5. The molecule has 7 heteroatoms. The zero-order valence-corrected chi connectivity index (χ0v) is 20.6. The molecule has 4 aromatic carbocycles. The van der Waals surface area contributed by atoms with E-state index in [0.29, 0.717) is 10.6 Å². The maximum atomic E-state index is 13.6. The standard InChI is InChI=1S/C28H22N3O2S2/c1-21-17-19-22(20-18-21)26-29-27(34-28(30-26)35(32,33)25-15-9-4-10-16-25)31(23-11-5-2-6-12-23)24-13-7-3-8-14-24/h2-20H,1H3/q+1. The van der Waals surface area contributed by atoms with Crippen LogP contribution in [0, 0.1) is 6.92 Å². The van der Waals surface area contributed by atoms with Crippen LogP contribution in [0.25, 0.3) is 11.4 Å². The van der Waals surface area contributed by atoms with E-state index in [9.17, 15) is 8.42 Å². The molecule has 35 heavy (non-hydrogen) atoms. The number of hydrogen-bond acceptors (Lipinski definition) is 5. The summed E-state index contributed by atoms with van der Waals surface area (Å²) >= 11 is 1.05. The number of aromatic nitrogens is 2. The molecular formula is C28H22N3O2S2+. The SMILES string of the molecule is Cc1ccc(-c2nc(S(=O)(=O)c3ccccc3)sc(=[N+](c3ccccc3)c3ccccc3)n2)cc1. The molecule has 1 heterocycles. The number of benzene rings is 4. The lowest BCUT2D eigenvalue weighted by Gasteiger charge is -2.07. The van der Waals surface area contributed by atoms with Crippen molar-refractivity contribution < 1.29 is 8.42 Å². The highest BCUT2D eigenvalue weighted by Gasteiger charge is 2.26. The molecule has 0 atom stereocenters. The lowest BCUT2D eigenvalue weighted by Crippen LogP contribution is -2.24. The fourth-order valence-corrected chi connectivity index (χ4v) is 6.19. The summed E-state index contributed by atoms with van der Waals surface area (Å²) in [5, 5.41) is 0. The predicted octanol–water partition coefficient (Wildman–Crippen LogP) is 5.78. The molecule has 0 radical (unpaired) electrons. The van der Waals surface area contributed by atoms with Crippen LogP contribution in [0.15, 0.2) is 124 Å². The molecule has 0 bridgehead atoms. The molecule has 172 valence electrons. The Labute approximate surface area is 208 Å². The Kier molecular flexibility index (Phi) is 6.35. The Bertz CT molecular complexity index is 1590. The first-order valence-electron chi connectivity index (χ1n) is 11.0. The summed E-state index contributed by atoms with van der Waals surface area (Å²) in [6.07, 6.45) is 0. The zero-order valence-electron chi connectivity index (χ0n) is 18.9. The topological polar surface area (TPSA) is 62.9 Å². The van der Waals surface area contributed by atoms with Crippen molar-refractivity contribution in [3.8, 4) is 11.4 Å². The molecule has 0 aliphatic carbocycles. The predicted molar refractivity (Wildman–Crippen MR) is 139 cm³/mol. The van der Waals surface area contributed by atoms with Gasteiger partial charge in [-0.3, -0.25) is 0 Å². The van der Waals surface area contributed by atoms with Gasteiger partial charge in [0.05, 0.1) is 4.90 Å². The fourth-order valence-electron chi connectivity index (χ4n) is 3.59. The molecule has 0 saturated heterocycles. The second-order valence-corrected chi connectivity index (χ2v) is 11.0. The highest BCUT2D eigenvalue weighted by molar-refractivity contribution is 7.93. The summed E-state index contributed by atoms with van der Waals surface area (Å²) in [5.74, 6) is 0.352. The van der Waals surface area contributed by atoms with Crippen molar-refractivity contribution in [3.05, 3.63) is 126 Å². The van der Waals surface area contributed by atoms with Gasteiger partial charge in [0.2, 0.25) is 14.2 Å². The molecule has 0 saturated carbocycles. The third kappa shape index (κ3) is 4.82. The van der Waals surface area contributed by atoms with Crippen LogP contribution in [-0.2, 0) is 9.84 Å². The van der Waals surface area contributed by atoms with Gasteiger partial charge >= 0.3 is 4.80 Å². The molecule has 0 unspecified atom stereocenters. The Morgan fingerprint density at radius 3 is 1.71 bits per heavy atom. The first kappa shape index (κ1) is 22.8. The maximum Gasteiger partial charge on any atom is 0.392 e. The van der Waals surface area contributed by atoms with Gasteiger partial charge < -0.3 is 0 Å². The van der Waals surface area contributed by atoms with Crippen LogP contribution in [0.3, 0.4) is 0 Å². The van der Waals surface area contributed by atoms with E-state index in [-0.39, 0.29) is 9.24 Å². The molecule has 0 aliphatic heterocycles. The average molecular weight is 497 g/mol. The van der Waals surface area contributed by atoms with Gasteiger partial charge in [-0.15, -0.1) is 0 Å². The number of hydrogen-bond donors (Lipinski definition) is 0. The Morgan fingerprint density at radius 2 is 1.17 bits per heavy atom. The number of nitrogens with zero attached hydrogens (tertiary/aromatic N) is 3. The molecule has 0 fully saturated rings. The van der Waals surface area contributed by atoms with Crippen LogP contribution >= 0.6 is 11.3 Å². The van der Waals surface area contributed by atoms with Crippen LogP contribution < -0.4 is 9.38 Å². The van der Waals surface area contributed by atoms with Gasteiger partial charge in [0.15, 0.2) is 0 Å². The van der Waals surface area contributed by atoms with Gasteiger partial charge in [-0.25, -0.2) is 8.42 Å². The van der Waals surface area contributed by atoms with Gasteiger partial charge in [0.1, 0.15) is 11.4 Å². The molecule has 0 N–H and O–H groups in total. The first-order valence-corrected chi connectivity index (χ1v) is 13.3. The minimum Gasteiger partial charge on any atom is -0.216 e. The van der Waals surface area contributed by atoms with E-state index in [0.717, 1.165) is 33.8 Å².